The number of nitrogens with zero attached hydrogens (tertiary/aromatic N) is 3. The van der Waals surface area contributed by atoms with Gasteiger partial charge in [-0.05, 0) is 49.9 Å². The van der Waals surface area contributed by atoms with E-state index in [1.807, 2.05) is 18.2 Å². The van der Waals surface area contributed by atoms with Crippen molar-refractivity contribution >= 4 is 11.4 Å². The first-order valence-corrected chi connectivity index (χ1v) is 11.6. The second-order valence-corrected chi connectivity index (χ2v) is 8.20. The van der Waals surface area contributed by atoms with Crippen molar-refractivity contribution in [2.75, 3.05) is 25.4 Å². The van der Waals surface area contributed by atoms with Crippen LogP contribution in [0.4, 0.5) is 5.82 Å². The molecule has 0 spiro atoms. The average Bonchev–Trinajstić information content (AvgIpc) is 3.19. The van der Waals surface area contributed by atoms with Gasteiger partial charge in [0, 0.05) is 17.7 Å². The van der Waals surface area contributed by atoms with Crippen LogP contribution in [-0.2, 0) is 13.0 Å². The lowest BCUT2D eigenvalue weighted by Gasteiger charge is -2.21. The number of aromatic nitrogens is 2. The van der Waals surface area contributed by atoms with Crippen molar-refractivity contribution in [3.63, 3.8) is 0 Å². The first kappa shape index (κ1) is 23.2. The fraction of sp³-hybridized carbons (Fsp3) is 0.520. The summed E-state index contributed by atoms with van der Waals surface area (Å²) < 4.78 is 5.66. The van der Waals surface area contributed by atoms with E-state index in [-0.39, 0.29) is 6.01 Å². The average molecular weight is 425 g/mol. The van der Waals surface area contributed by atoms with Crippen molar-refractivity contribution in [2.24, 2.45) is 0 Å². The largest absolute Gasteiger partial charge is 0.463 e. The van der Waals surface area contributed by atoms with Gasteiger partial charge < -0.3 is 15.6 Å². The van der Waals surface area contributed by atoms with Crippen molar-refractivity contribution in [2.45, 2.75) is 65.5 Å². The van der Waals surface area contributed by atoms with Gasteiger partial charge in [-0.2, -0.15) is 9.97 Å². The summed E-state index contributed by atoms with van der Waals surface area (Å²) in [5, 5.41) is 11.1. The van der Waals surface area contributed by atoms with E-state index in [4.69, 9.17) is 10.5 Å². The lowest BCUT2D eigenvalue weighted by Crippen LogP contribution is -2.24. The number of unbranched alkanes of at least 4 members (excludes halogenated alkanes) is 1. The third-order valence-corrected chi connectivity index (χ3v) is 5.62. The number of aliphatic hydroxyl groups is 1. The monoisotopic (exact) mass is 424 g/mol. The quantitative estimate of drug-likeness (QED) is 0.487. The summed E-state index contributed by atoms with van der Waals surface area (Å²) in [4.78, 5) is 11.3. The van der Waals surface area contributed by atoms with Crippen LogP contribution in [0.1, 0.15) is 74.9 Å². The zero-order valence-electron chi connectivity index (χ0n) is 19.1. The van der Waals surface area contributed by atoms with Crippen molar-refractivity contribution in [3.8, 4) is 6.01 Å². The van der Waals surface area contributed by atoms with Crippen LogP contribution in [0, 0.1) is 0 Å². The summed E-state index contributed by atoms with van der Waals surface area (Å²) in [5.74, 6) is 0.428. The lowest BCUT2D eigenvalue weighted by molar-refractivity contribution is 0.237. The molecule has 0 aliphatic heterocycles. The topological polar surface area (TPSA) is 84.5 Å². The molecule has 1 unspecified atom stereocenters. The number of anilines is 1. The Morgan fingerprint density at radius 3 is 2.42 bits per heavy atom. The molecule has 1 atom stereocenters. The zero-order valence-corrected chi connectivity index (χ0v) is 19.1. The van der Waals surface area contributed by atoms with Gasteiger partial charge in [0.05, 0.1) is 12.3 Å². The SMILES string of the molecule is CCCCOc1nc(N)c2c(n1)C(C(O)c1ccc(CN(CCC)CCC)cc1)=CC2. The van der Waals surface area contributed by atoms with E-state index >= 15 is 0 Å². The summed E-state index contributed by atoms with van der Waals surface area (Å²) in [6.45, 7) is 10.2. The van der Waals surface area contributed by atoms with Crippen LogP contribution < -0.4 is 10.5 Å². The summed E-state index contributed by atoms with van der Waals surface area (Å²) in [5.41, 5.74) is 10.6. The first-order chi connectivity index (χ1) is 15.1. The van der Waals surface area contributed by atoms with Crippen LogP contribution in [0.3, 0.4) is 0 Å². The van der Waals surface area contributed by atoms with Gasteiger partial charge in [0.2, 0.25) is 0 Å². The summed E-state index contributed by atoms with van der Waals surface area (Å²) in [6, 6.07) is 8.53. The summed E-state index contributed by atoms with van der Waals surface area (Å²) >= 11 is 0. The number of benzene rings is 1. The minimum atomic E-state index is -0.754. The van der Waals surface area contributed by atoms with Gasteiger partial charge in [0.15, 0.2) is 0 Å². The molecule has 6 heteroatoms. The zero-order chi connectivity index (χ0) is 22.2. The van der Waals surface area contributed by atoms with Gasteiger partial charge >= 0.3 is 6.01 Å². The molecule has 0 saturated carbocycles. The van der Waals surface area contributed by atoms with Crippen LogP contribution in [0.15, 0.2) is 30.3 Å². The predicted octanol–water partition coefficient (Wildman–Crippen LogP) is 4.53. The molecule has 1 aliphatic rings. The van der Waals surface area contributed by atoms with E-state index in [0.29, 0.717) is 24.5 Å². The van der Waals surface area contributed by atoms with Crippen LogP contribution in [0.25, 0.3) is 5.57 Å². The number of nitrogens with two attached hydrogens (primary N) is 1. The highest BCUT2D eigenvalue weighted by Gasteiger charge is 2.26. The molecule has 0 radical (unpaired) electrons. The molecule has 3 N–H and O–H groups in total. The van der Waals surface area contributed by atoms with E-state index < -0.39 is 6.10 Å². The van der Waals surface area contributed by atoms with Crippen molar-refractivity contribution in [1.82, 2.24) is 14.9 Å². The minimum Gasteiger partial charge on any atom is -0.463 e. The number of hydrogen-bond donors (Lipinski definition) is 2. The van der Waals surface area contributed by atoms with E-state index in [0.717, 1.165) is 62.0 Å². The van der Waals surface area contributed by atoms with Gasteiger partial charge in [0.25, 0.3) is 0 Å². The normalized spacial score (nSPS) is 13.9. The Hall–Kier alpha value is -2.44. The Balaban J connectivity index is 1.73. The molecule has 0 bridgehead atoms. The maximum absolute atomic E-state index is 11.1. The van der Waals surface area contributed by atoms with Gasteiger partial charge in [0.1, 0.15) is 11.9 Å². The van der Waals surface area contributed by atoms with E-state index in [9.17, 15) is 5.11 Å². The highest BCUT2D eigenvalue weighted by molar-refractivity contribution is 5.77. The smallest absolute Gasteiger partial charge is 0.318 e. The number of nitrogen functional groups attached to an aromatic ring is 1. The number of rotatable bonds is 12. The van der Waals surface area contributed by atoms with E-state index in [1.165, 1.54) is 5.56 Å². The number of hydrogen-bond acceptors (Lipinski definition) is 6. The maximum atomic E-state index is 11.1. The highest BCUT2D eigenvalue weighted by atomic mass is 16.5. The second kappa shape index (κ2) is 11.3. The number of allylic oxidation sites excluding steroid dienone is 1. The molecule has 3 rings (SSSR count). The molecule has 31 heavy (non-hydrogen) atoms. The Bertz CT molecular complexity index is 874. The number of aliphatic hydroxyl groups excluding tert-OH is 1. The van der Waals surface area contributed by atoms with Crippen molar-refractivity contribution < 1.29 is 9.84 Å². The molecule has 1 aromatic heterocycles. The predicted molar refractivity (Wildman–Crippen MR) is 126 cm³/mol. The Morgan fingerprint density at radius 1 is 1.06 bits per heavy atom. The third kappa shape index (κ3) is 5.83. The van der Waals surface area contributed by atoms with Gasteiger partial charge in [-0.25, -0.2) is 0 Å². The lowest BCUT2D eigenvalue weighted by atomic mass is 9.99. The van der Waals surface area contributed by atoms with E-state index in [1.54, 1.807) is 0 Å². The molecule has 1 heterocycles. The Morgan fingerprint density at radius 2 is 1.77 bits per heavy atom. The molecule has 0 amide bonds. The maximum Gasteiger partial charge on any atom is 0.318 e. The first-order valence-electron chi connectivity index (χ1n) is 11.6. The van der Waals surface area contributed by atoms with Gasteiger partial charge in [-0.15, -0.1) is 0 Å². The van der Waals surface area contributed by atoms with Crippen LogP contribution in [0.2, 0.25) is 0 Å². The van der Waals surface area contributed by atoms with Crippen LogP contribution >= 0.6 is 0 Å². The van der Waals surface area contributed by atoms with Gasteiger partial charge in [-0.3, -0.25) is 4.90 Å². The van der Waals surface area contributed by atoms with E-state index in [2.05, 4.69) is 47.8 Å². The number of fused-ring (bicyclic) bond motifs is 1. The van der Waals surface area contributed by atoms with Crippen molar-refractivity contribution in [1.29, 1.82) is 0 Å². The molecule has 0 fully saturated rings. The molecular formula is C25H36N4O2. The molecule has 168 valence electrons. The minimum absolute atomic E-state index is 0.284. The third-order valence-electron chi connectivity index (χ3n) is 5.62. The van der Waals surface area contributed by atoms with Gasteiger partial charge in [-0.1, -0.05) is 57.5 Å². The van der Waals surface area contributed by atoms with Crippen LogP contribution in [-0.4, -0.2) is 39.7 Å². The Kier molecular flexibility index (Phi) is 8.43. The molecular weight excluding hydrogens is 388 g/mol. The fourth-order valence-electron chi connectivity index (χ4n) is 3.99. The molecule has 2 aromatic rings. The number of ether oxygens (including phenoxy) is 1. The van der Waals surface area contributed by atoms with Crippen molar-refractivity contribution in [3.05, 3.63) is 52.7 Å². The van der Waals surface area contributed by atoms with Crippen LogP contribution in [0.5, 0.6) is 6.01 Å². The second-order valence-electron chi connectivity index (χ2n) is 8.20. The summed E-state index contributed by atoms with van der Waals surface area (Å²) in [6.07, 6.45) is 6.15. The highest BCUT2D eigenvalue weighted by Crippen LogP contribution is 2.38. The molecule has 0 saturated heterocycles. The fourth-order valence-corrected chi connectivity index (χ4v) is 3.99. The Labute approximate surface area is 186 Å². The molecule has 6 nitrogen and oxygen atoms in total. The standard InChI is InChI=1S/C25H36N4O2/c1-4-7-16-31-25-27-22-20(12-13-21(22)24(26)28-25)23(30)19-10-8-18(9-11-19)17-29(14-5-2)15-6-3/h8-12,23,30H,4-7,13-17H2,1-3H3,(H2,26,27,28). The molecule has 1 aromatic carbocycles. The molecule has 1 aliphatic carbocycles. The summed E-state index contributed by atoms with van der Waals surface area (Å²) in [7, 11) is 0.